The summed E-state index contributed by atoms with van der Waals surface area (Å²) in [6.07, 6.45) is 3.46. The number of ether oxygens (including phenoxy) is 1. The lowest BCUT2D eigenvalue weighted by molar-refractivity contribution is -0.127. The first-order valence-corrected chi connectivity index (χ1v) is 8.33. The maximum atomic E-state index is 11.7. The Morgan fingerprint density at radius 3 is 2.68 bits per heavy atom. The van der Waals surface area contributed by atoms with E-state index in [4.69, 9.17) is 4.74 Å². The molecule has 0 saturated heterocycles. The van der Waals surface area contributed by atoms with Gasteiger partial charge >= 0.3 is 0 Å². The second kappa shape index (κ2) is 14.9. The zero-order valence-electron chi connectivity index (χ0n) is 15.3. The number of hydrogen-bond acceptors (Lipinski definition) is 4. The van der Waals surface area contributed by atoms with Gasteiger partial charge in [-0.05, 0) is 25.5 Å². The molecule has 8 heteroatoms. The molecule has 7 nitrogen and oxygen atoms in total. The van der Waals surface area contributed by atoms with Gasteiger partial charge in [-0.3, -0.25) is 9.78 Å². The maximum Gasteiger partial charge on any atom is 0.243 e. The van der Waals surface area contributed by atoms with Crippen LogP contribution in [0.2, 0.25) is 0 Å². The van der Waals surface area contributed by atoms with E-state index in [1.807, 2.05) is 25.1 Å². The Bertz CT molecular complexity index is 497. The topological polar surface area (TPSA) is 78.8 Å². The number of pyridine rings is 1. The summed E-state index contributed by atoms with van der Waals surface area (Å²) in [5.41, 5.74) is 1.02. The maximum absolute atomic E-state index is 11.7. The van der Waals surface area contributed by atoms with Crippen LogP contribution in [0.3, 0.4) is 0 Å². The second-order valence-electron chi connectivity index (χ2n) is 5.43. The fourth-order valence-corrected chi connectivity index (χ4v) is 1.84. The quantitative estimate of drug-likeness (QED) is 0.237. The standard InChI is InChI=1S/C17H29N5O2.HI/c1-4-24-13-7-11-19-17(21-14-16(23)22(2)3)20-12-9-15-8-5-6-10-18-15;/h5-6,8,10H,4,7,9,11-14H2,1-3H3,(H2,19,20,21);1H. The molecule has 0 atom stereocenters. The molecule has 1 aromatic heterocycles. The molecule has 25 heavy (non-hydrogen) atoms. The number of guanidine groups is 1. The lowest BCUT2D eigenvalue weighted by Crippen LogP contribution is -2.40. The number of aliphatic imine (C=N–C) groups is 1. The summed E-state index contributed by atoms with van der Waals surface area (Å²) in [7, 11) is 3.45. The van der Waals surface area contributed by atoms with Crippen LogP contribution in [-0.2, 0) is 16.0 Å². The van der Waals surface area contributed by atoms with Gasteiger partial charge in [-0.1, -0.05) is 6.07 Å². The number of nitrogens with one attached hydrogen (secondary N) is 2. The molecule has 1 rings (SSSR count). The lowest BCUT2D eigenvalue weighted by atomic mass is 10.3. The van der Waals surface area contributed by atoms with Crippen LogP contribution in [0.1, 0.15) is 19.0 Å². The molecule has 1 heterocycles. The molecule has 0 unspecified atom stereocenters. The minimum absolute atomic E-state index is 0. The van der Waals surface area contributed by atoms with E-state index in [0.717, 1.165) is 31.7 Å². The number of rotatable bonds is 10. The molecular formula is C17H30IN5O2. The third-order valence-corrected chi connectivity index (χ3v) is 3.23. The molecule has 0 radical (unpaired) electrons. The van der Waals surface area contributed by atoms with Gasteiger partial charge in [-0.2, -0.15) is 0 Å². The smallest absolute Gasteiger partial charge is 0.243 e. The molecule has 0 spiro atoms. The van der Waals surface area contributed by atoms with Crippen molar-refractivity contribution in [2.24, 2.45) is 4.99 Å². The van der Waals surface area contributed by atoms with Gasteiger partial charge < -0.3 is 20.3 Å². The number of halogens is 1. The van der Waals surface area contributed by atoms with Crippen molar-refractivity contribution < 1.29 is 9.53 Å². The average Bonchev–Trinajstić information content (AvgIpc) is 2.59. The highest BCUT2D eigenvalue weighted by molar-refractivity contribution is 14.0. The number of carbonyl (C=O) groups excluding carboxylic acids is 1. The molecule has 0 aliphatic heterocycles. The average molecular weight is 463 g/mol. The third kappa shape index (κ3) is 11.7. The second-order valence-corrected chi connectivity index (χ2v) is 5.43. The zero-order valence-corrected chi connectivity index (χ0v) is 17.7. The van der Waals surface area contributed by atoms with E-state index < -0.39 is 0 Å². The Morgan fingerprint density at radius 1 is 1.28 bits per heavy atom. The van der Waals surface area contributed by atoms with Gasteiger partial charge in [-0.15, -0.1) is 24.0 Å². The Kier molecular flexibility index (Phi) is 14.0. The summed E-state index contributed by atoms with van der Waals surface area (Å²) in [5.74, 6) is 0.604. The first-order valence-electron chi connectivity index (χ1n) is 8.33. The normalized spacial score (nSPS) is 10.8. The monoisotopic (exact) mass is 463 g/mol. The largest absolute Gasteiger partial charge is 0.382 e. The molecule has 1 aromatic rings. The molecule has 0 aliphatic carbocycles. The number of likely N-dealkylation sites (N-methyl/N-ethyl adjacent to an activating group) is 1. The van der Waals surface area contributed by atoms with Crippen LogP contribution in [0.4, 0.5) is 0 Å². The molecular weight excluding hydrogens is 433 g/mol. The van der Waals surface area contributed by atoms with E-state index in [1.54, 1.807) is 20.3 Å². The van der Waals surface area contributed by atoms with Crippen molar-refractivity contribution in [1.82, 2.24) is 20.5 Å². The van der Waals surface area contributed by atoms with E-state index in [2.05, 4.69) is 20.6 Å². The number of carbonyl (C=O) groups is 1. The van der Waals surface area contributed by atoms with Crippen LogP contribution in [0.15, 0.2) is 29.4 Å². The van der Waals surface area contributed by atoms with Crippen molar-refractivity contribution in [1.29, 1.82) is 0 Å². The number of hydrogen-bond donors (Lipinski definition) is 2. The Balaban J connectivity index is 0.00000576. The number of amides is 1. The summed E-state index contributed by atoms with van der Waals surface area (Å²) in [6, 6.07) is 5.86. The van der Waals surface area contributed by atoms with E-state index in [0.29, 0.717) is 19.1 Å². The van der Waals surface area contributed by atoms with E-state index in [9.17, 15) is 4.79 Å². The van der Waals surface area contributed by atoms with Crippen LogP contribution >= 0.6 is 24.0 Å². The van der Waals surface area contributed by atoms with Gasteiger partial charge in [0.15, 0.2) is 5.96 Å². The van der Waals surface area contributed by atoms with Gasteiger partial charge in [0, 0.05) is 58.7 Å². The molecule has 0 aromatic carbocycles. The fraction of sp³-hybridized carbons (Fsp3) is 0.588. The third-order valence-electron chi connectivity index (χ3n) is 3.23. The molecule has 0 saturated carbocycles. The number of nitrogens with zero attached hydrogens (tertiary/aromatic N) is 3. The van der Waals surface area contributed by atoms with Crippen molar-refractivity contribution in [3.63, 3.8) is 0 Å². The van der Waals surface area contributed by atoms with Gasteiger partial charge in [0.1, 0.15) is 6.54 Å². The Morgan fingerprint density at radius 2 is 2.04 bits per heavy atom. The first kappa shape index (κ1) is 23.6. The van der Waals surface area contributed by atoms with Crippen molar-refractivity contribution in [2.75, 3.05) is 46.9 Å². The highest BCUT2D eigenvalue weighted by atomic mass is 127. The highest BCUT2D eigenvalue weighted by Crippen LogP contribution is 1.93. The summed E-state index contributed by atoms with van der Waals surface area (Å²) in [6.45, 7) is 4.97. The van der Waals surface area contributed by atoms with E-state index in [1.165, 1.54) is 4.90 Å². The van der Waals surface area contributed by atoms with Crippen LogP contribution in [-0.4, -0.2) is 68.7 Å². The Labute approximate surface area is 167 Å². The molecule has 0 fully saturated rings. The van der Waals surface area contributed by atoms with Crippen LogP contribution in [0.5, 0.6) is 0 Å². The highest BCUT2D eigenvalue weighted by Gasteiger charge is 2.04. The fourth-order valence-electron chi connectivity index (χ4n) is 1.84. The summed E-state index contributed by atoms with van der Waals surface area (Å²) in [5, 5.41) is 6.47. The minimum atomic E-state index is -0.0323. The number of aromatic nitrogens is 1. The predicted molar refractivity (Wildman–Crippen MR) is 111 cm³/mol. The molecule has 0 aliphatic rings. The summed E-state index contributed by atoms with van der Waals surface area (Å²) in [4.78, 5) is 21.9. The van der Waals surface area contributed by atoms with Gasteiger partial charge in [0.2, 0.25) is 5.91 Å². The summed E-state index contributed by atoms with van der Waals surface area (Å²) < 4.78 is 5.31. The van der Waals surface area contributed by atoms with Crippen molar-refractivity contribution in [3.05, 3.63) is 30.1 Å². The van der Waals surface area contributed by atoms with Crippen molar-refractivity contribution >= 4 is 35.8 Å². The van der Waals surface area contributed by atoms with Crippen LogP contribution in [0, 0.1) is 0 Å². The lowest BCUT2D eigenvalue weighted by Gasteiger charge is -2.13. The zero-order chi connectivity index (χ0) is 17.6. The van der Waals surface area contributed by atoms with E-state index in [-0.39, 0.29) is 36.4 Å². The SMILES string of the molecule is CCOCCCNC(=NCC(=O)N(C)C)NCCc1ccccn1.I. The summed E-state index contributed by atoms with van der Waals surface area (Å²) >= 11 is 0. The van der Waals surface area contributed by atoms with Crippen LogP contribution in [0.25, 0.3) is 0 Å². The Hall–Kier alpha value is -1.42. The van der Waals surface area contributed by atoms with Crippen molar-refractivity contribution in [3.8, 4) is 0 Å². The van der Waals surface area contributed by atoms with Crippen LogP contribution < -0.4 is 10.6 Å². The van der Waals surface area contributed by atoms with E-state index >= 15 is 0 Å². The minimum Gasteiger partial charge on any atom is -0.382 e. The first-order chi connectivity index (χ1) is 11.6. The molecule has 0 bridgehead atoms. The predicted octanol–water partition coefficient (Wildman–Crippen LogP) is 1.29. The van der Waals surface area contributed by atoms with Crippen molar-refractivity contribution in [2.45, 2.75) is 19.8 Å². The molecule has 1 amide bonds. The molecule has 142 valence electrons. The molecule has 2 N–H and O–H groups in total. The van der Waals surface area contributed by atoms with Gasteiger partial charge in [0.05, 0.1) is 0 Å². The van der Waals surface area contributed by atoms with Gasteiger partial charge in [0.25, 0.3) is 0 Å². The van der Waals surface area contributed by atoms with Gasteiger partial charge in [-0.25, -0.2) is 4.99 Å².